The predicted octanol–water partition coefficient (Wildman–Crippen LogP) is 2.84. The fourth-order valence-corrected chi connectivity index (χ4v) is 5.14. The zero-order valence-electron chi connectivity index (χ0n) is 29.9. The van der Waals surface area contributed by atoms with Crippen LogP contribution in [0, 0.1) is 17.8 Å². The number of aliphatic carboxylic acids is 1. The number of hydrogen-bond acceptors (Lipinski definition) is 8. The van der Waals surface area contributed by atoms with Crippen molar-refractivity contribution in [2.45, 2.75) is 117 Å². The number of likely N-dealkylation sites (N-methyl/N-ethyl adjacent to an activating group) is 1. The third kappa shape index (κ3) is 15.0. The molecule has 0 unspecified atom stereocenters. The molecule has 0 aromatic carbocycles. The summed E-state index contributed by atoms with van der Waals surface area (Å²) in [5, 5.41) is 15.8. The molecule has 276 valence electrons. The van der Waals surface area contributed by atoms with E-state index in [4.69, 9.17) is 14.6 Å². The van der Waals surface area contributed by atoms with Crippen LogP contribution < -0.4 is 16.0 Å². The van der Waals surface area contributed by atoms with E-state index in [1.807, 2.05) is 60.5 Å². The number of carbonyl (C=O) groups is 6. The zero-order chi connectivity index (χ0) is 37.7. The van der Waals surface area contributed by atoms with Gasteiger partial charge in [-0.3, -0.25) is 33.8 Å². The summed E-state index contributed by atoms with van der Waals surface area (Å²) >= 11 is 0. The lowest BCUT2D eigenvalue weighted by Gasteiger charge is -2.30. The first-order valence-corrected chi connectivity index (χ1v) is 15.9. The van der Waals surface area contributed by atoms with E-state index in [0.29, 0.717) is 25.0 Å². The van der Waals surface area contributed by atoms with Crippen molar-refractivity contribution < 1.29 is 51.8 Å². The molecule has 1 rings (SSSR count). The van der Waals surface area contributed by atoms with Gasteiger partial charge in [-0.1, -0.05) is 41.5 Å². The minimum absolute atomic E-state index is 0.0469. The zero-order valence-corrected chi connectivity index (χ0v) is 29.9. The third-order valence-corrected chi connectivity index (χ3v) is 7.37. The first-order valence-electron chi connectivity index (χ1n) is 15.9. The Morgan fingerprint density at radius 2 is 1.33 bits per heavy atom. The molecule has 0 bridgehead atoms. The van der Waals surface area contributed by atoms with Gasteiger partial charge in [0.05, 0.1) is 19.2 Å². The molecule has 0 aliphatic carbocycles. The quantitative estimate of drug-likeness (QED) is 0.190. The Balaban J connectivity index is 0.00000282. The lowest BCUT2D eigenvalue weighted by molar-refractivity contribution is -0.192. The van der Waals surface area contributed by atoms with E-state index < -0.39 is 48.1 Å². The van der Waals surface area contributed by atoms with Crippen LogP contribution in [0.5, 0.6) is 0 Å². The summed E-state index contributed by atoms with van der Waals surface area (Å²) in [6.07, 6.45) is -2.56. The minimum Gasteiger partial charge on any atom is -0.499 e. The van der Waals surface area contributed by atoms with Gasteiger partial charge in [0.15, 0.2) is 0 Å². The van der Waals surface area contributed by atoms with E-state index in [-0.39, 0.29) is 47.9 Å². The Bertz CT molecular complexity index is 1150. The molecule has 13 nitrogen and oxygen atoms in total. The molecular formula is C32H54F3N5O8. The van der Waals surface area contributed by atoms with Crippen LogP contribution in [0.3, 0.4) is 0 Å². The number of alkyl halides is 3. The number of nitrogens with zero attached hydrogens (tertiary/aromatic N) is 2. The highest BCUT2D eigenvalue weighted by molar-refractivity contribution is 6.04. The van der Waals surface area contributed by atoms with Crippen molar-refractivity contribution >= 4 is 35.5 Å². The van der Waals surface area contributed by atoms with Gasteiger partial charge in [-0.2, -0.15) is 13.2 Å². The van der Waals surface area contributed by atoms with Crippen LogP contribution in [0.25, 0.3) is 0 Å². The van der Waals surface area contributed by atoms with Crippen molar-refractivity contribution in [2.75, 3.05) is 21.2 Å². The normalized spacial score (nSPS) is 17.3. The van der Waals surface area contributed by atoms with Crippen molar-refractivity contribution in [3.63, 3.8) is 0 Å². The van der Waals surface area contributed by atoms with Crippen LogP contribution in [-0.2, 0) is 33.5 Å². The molecule has 0 aromatic rings. The molecule has 0 saturated heterocycles. The highest BCUT2D eigenvalue weighted by Gasteiger charge is 2.38. The summed E-state index contributed by atoms with van der Waals surface area (Å²) in [6.45, 7) is 15.3. The van der Waals surface area contributed by atoms with Crippen LogP contribution in [0.4, 0.5) is 13.2 Å². The number of halogens is 3. The maximum Gasteiger partial charge on any atom is 0.490 e. The Hall–Kier alpha value is -3.69. The average Bonchev–Trinajstić information content (AvgIpc) is 3.22. The second-order valence-electron chi connectivity index (χ2n) is 13.3. The third-order valence-electron chi connectivity index (χ3n) is 7.37. The number of carboxylic acids is 1. The van der Waals surface area contributed by atoms with Crippen molar-refractivity contribution in [1.29, 1.82) is 0 Å². The summed E-state index contributed by atoms with van der Waals surface area (Å²) in [5.74, 6) is -3.77. The molecular weight excluding hydrogens is 639 g/mol. The molecule has 0 aromatic heterocycles. The largest absolute Gasteiger partial charge is 0.499 e. The van der Waals surface area contributed by atoms with Gasteiger partial charge in [0.25, 0.3) is 5.91 Å². The number of carboxylic acid groups (broad SMARTS) is 1. The standard InChI is InChI=1S/C30H53N5O6.C2HF3O2/c1-17(2)14-22(32-29(39)23(15-18(3)4)33-30(40)27(19(5)6)34(9)10)28(38)31-20(7)12-13-25(36)35-21(8)24(41-11)16-26(35)37;3-2(4,5)1(6)7/h16-23,27H,12-15H2,1-11H3,(H,31,38)(H,32,39)(H,33,40);(H,6,7)/t20-,21-,22-,23-,27-;/m0./s1. The molecule has 0 fully saturated rings. The molecule has 1 aliphatic rings. The van der Waals surface area contributed by atoms with Crippen molar-refractivity contribution in [3.8, 4) is 0 Å². The highest BCUT2D eigenvalue weighted by atomic mass is 19.4. The number of imide groups is 1. The van der Waals surface area contributed by atoms with Gasteiger partial charge in [-0.25, -0.2) is 4.79 Å². The van der Waals surface area contributed by atoms with Crippen LogP contribution >= 0.6 is 0 Å². The van der Waals surface area contributed by atoms with Gasteiger partial charge >= 0.3 is 12.1 Å². The van der Waals surface area contributed by atoms with E-state index in [1.54, 1.807) is 13.8 Å². The maximum absolute atomic E-state index is 13.4. The maximum atomic E-state index is 13.4. The number of methoxy groups -OCH3 is 1. The summed E-state index contributed by atoms with van der Waals surface area (Å²) in [5.41, 5.74) is 0. The summed E-state index contributed by atoms with van der Waals surface area (Å²) in [7, 11) is 5.12. The van der Waals surface area contributed by atoms with Crippen LogP contribution in [0.2, 0.25) is 0 Å². The molecule has 1 heterocycles. The molecule has 0 radical (unpaired) electrons. The molecule has 16 heteroatoms. The molecule has 0 saturated carbocycles. The fraction of sp³-hybridized carbons (Fsp3) is 0.750. The van der Waals surface area contributed by atoms with Gasteiger partial charge in [0.1, 0.15) is 17.8 Å². The molecule has 5 amide bonds. The Morgan fingerprint density at radius 3 is 1.69 bits per heavy atom. The van der Waals surface area contributed by atoms with Crippen LogP contribution in [0.15, 0.2) is 11.8 Å². The highest BCUT2D eigenvalue weighted by Crippen LogP contribution is 2.21. The van der Waals surface area contributed by atoms with E-state index in [0.717, 1.165) is 0 Å². The monoisotopic (exact) mass is 693 g/mol. The van der Waals surface area contributed by atoms with Gasteiger partial charge in [0, 0.05) is 18.5 Å². The summed E-state index contributed by atoms with van der Waals surface area (Å²) in [4.78, 5) is 76.6. The Labute approximate surface area is 281 Å². The lowest BCUT2D eigenvalue weighted by atomic mass is 9.98. The number of nitrogens with one attached hydrogen (secondary N) is 3. The number of carbonyl (C=O) groups excluding carboxylic acids is 5. The Morgan fingerprint density at radius 1 is 0.896 bits per heavy atom. The number of amides is 5. The summed E-state index contributed by atoms with van der Waals surface area (Å²) < 4.78 is 36.9. The second-order valence-corrected chi connectivity index (χ2v) is 13.3. The SMILES string of the molecule is COC1=CC(=O)N(C(=O)CC[C@H](C)NC(=O)[C@H](CC(C)C)NC(=O)[C@H](CC(C)C)NC(=O)[C@H](C(C)C)N(C)C)[C@H]1C.O=C(O)C(F)(F)F. The molecule has 1 aliphatic heterocycles. The minimum atomic E-state index is -5.08. The predicted molar refractivity (Wildman–Crippen MR) is 172 cm³/mol. The fourth-order valence-electron chi connectivity index (χ4n) is 5.14. The number of ether oxygens (including phenoxy) is 1. The van der Waals surface area contributed by atoms with E-state index in [2.05, 4.69) is 16.0 Å². The summed E-state index contributed by atoms with van der Waals surface area (Å²) in [6, 6.07) is -2.84. The van der Waals surface area contributed by atoms with Gasteiger partial charge < -0.3 is 25.8 Å². The van der Waals surface area contributed by atoms with Crippen molar-refractivity contribution in [2.24, 2.45) is 17.8 Å². The first kappa shape index (κ1) is 44.3. The number of hydrogen-bond donors (Lipinski definition) is 4. The smallest absolute Gasteiger partial charge is 0.490 e. The van der Waals surface area contributed by atoms with Gasteiger partial charge in [-0.15, -0.1) is 0 Å². The average molecular weight is 694 g/mol. The van der Waals surface area contributed by atoms with E-state index >= 15 is 0 Å². The van der Waals surface area contributed by atoms with E-state index in [1.165, 1.54) is 18.1 Å². The van der Waals surface area contributed by atoms with Crippen LogP contribution in [0.1, 0.15) is 81.1 Å². The number of rotatable bonds is 16. The van der Waals surface area contributed by atoms with Crippen molar-refractivity contribution in [3.05, 3.63) is 11.8 Å². The topological polar surface area (TPSA) is 174 Å². The van der Waals surface area contributed by atoms with E-state index in [9.17, 15) is 37.1 Å². The molecule has 48 heavy (non-hydrogen) atoms. The van der Waals surface area contributed by atoms with Crippen molar-refractivity contribution in [1.82, 2.24) is 25.8 Å². The Kier molecular flexibility index (Phi) is 18.4. The van der Waals surface area contributed by atoms with Gasteiger partial charge in [-0.05, 0) is 65.0 Å². The van der Waals surface area contributed by atoms with Crippen LogP contribution in [-0.4, -0.2) is 108 Å². The molecule has 4 N–H and O–H groups in total. The lowest BCUT2D eigenvalue weighted by Crippen LogP contribution is -2.57. The van der Waals surface area contributed by atoms with Gasteiger partial charge in [0.2, 0.25) is 23.6 Å². The first-order chi connectivity index (χ1) is 21.9. The molecule has 5 atom stereocenters. The molecule has 0 spiro atoms. The second kappa shape index (κ2) is 20.0.